The number of nitrogens with one attached hydrogen (secondary N) is 2. The molecule has 0 aromatic heterocycles. The maximum absolute atomic E-state index is 13.0. The lowest BCUT2D eigenvalue weighted by molar-refractivity contribution is -0.117. The molecule has 0 radical (unpaired) electrons. The van der Waals surface area contributed by atoms with Gasteiger partial charge in [-0.3, -0.25) is 9.59 Å². The Morgan fingerprint density at radius 1 is 0.788 bits per heavy atom. The zero-order chi connectivity index (χ0) is 23.9. The Labute approximate surface area is 220 Å². The van der Waals surface area contributed by atoms with E-state index in [9.17, 15) is 9.59 Å². The van der Waals surface area contributed by atoms with Gasteiger partial charge in [0.1, 0.15) is 4.33 Å². The zero-order valence-corrected chi connectivity index (χ0v) is 21.0. The summed E-state index contributed by atoms with van der Waals surface area (Å²) in [5.74, 6) is -2.22. The van der Waals surface area contributed by atoms with Crippen molar-refractivity contribution >= 4 is 92.8 Å². The summed E-state index contributed by atoms with van der Waals surface area (Å²) in [6, 6.07) is 16.6. The first-order valence-corrected chi connectivity index (χ1v) is 11.8. The summed E-state index contributed by atoms with van der Waals surface area (Å²) in [5, 5.41) is 6.43. The molecule has 0 saturated heterocycles. The molecule has 170 valence electrons. The van der Waals surface area contributed by atoms with Crippen LogP contribution in [0.15, 0.2) is 60.7 Å². The number of alkyl halides is 2. The molecule has 1 aliphatic carbocycles. The van der Waals surface area contributed by atoms with E-state index in [0.717, 1.165) is 0 Å². The highest BCUT2D eigenvalue weighted by atomic mass is 35.5. The molecule has 1 fully saturated rings. The quantitative estimate of drug-likeness (QED) is 0.309. The van der Waals surface area contributed by atoms with Crippen LogP contribution in [-0.2, 0) is 4.79 Å². The van der Waals surface area contributed by atoms with E-state index in [-0.39, 0.29) is 21.3 Å². The van der Waals surface area contributed by atoms with Crippen LogP contribution in [0.2, 0.25) is 20.1 Å². The Bertz CT molecular complexity index is 1230. The molecule has 0 aliphatic heterocycles. The van der Waals surface area contributed by atoms with Crippen LogP contribution >= 0.6 is 69.6 Å². The lowest BCUT2D eigenvalue weighted by atomic mass is 10.1. The van der Waals surface area contributed by atoms with Crippen molar-refractivity contribution in [3.63, 3.8) is 0 Å². The van der Waals surface area contributed by atoms with Crippen LogP contribution in [0.3, 0.4) is 0 Å². The van der Waals surface area contributed by atoms with Crippen LogP contribution in [0.4, 0.5) is 11.4 Å². The van der Waals surface area contributed by atoms with Crippen molar-refractivity contribution in [2.45, 2.75) is 10.3 Å². The predicted octanol–water partition coefficient (Wildman–Crippen LogP) is 8.08. The highest BCUT2D eigenvalue weighted by molar-refractivity contribution is 6.53. The minimum atomic E-state index is -1.35. The number of halogens is 6. The lowest BCUT2D eigenvalue weighted by Crippen LogP contribution is -2.18. The molecule has 0 bridgehead atoms. The van der Waals surface area contributed by atoms with Crippen molar-refractivity contribution in [2.75, 3.05) is 10.6 Å². The molecule has 4 nitrogen and oxygen atoms in total. The number of amides is 2. The van der Waals surface area contributed by atoms with Crippen molar-refractivity contribution in [3.05, 3.63) is 91.9 Å². The van der Waals surface area contributed by atoms with Crippen LogP contribution in [0.25, 0.3) is 0 Å². The number of rotatable bonds is 5. The molecule has 4 rings (SSSR count). The first kappa shape index (κ1) is 24.5. The summed E-state index contributed by atoms with van der Waals surface area (Å²) < 4.78 is -1.35. The summed E-state index contributed by atoms with van der Waals surface area (Å²) in [7, 11) is 0. The third kappa shape index (κ3) is 5.22. The average Bonchev–Trinajstić information content (AvgIpc) is 3.32. The maximum atomic E-state index is 13.0. The predicted molar refractivity (Wildman–Crippen MR) is 137 cm³/mol. The Balaban J connectivity index is 1.55. The SMILES string of the molecule is O=C(Nc1ccccc1)c1cc(NC(=O)[C@@H]2[C@@H](c3cc(Cl)cc(Cl)c3)C2(Cl)Cl)cc(Cl)c1Cl. The van der Waals surface area contributed by atoms with Gasteiger partial charge in [-0.1, -0.05) is 64.6 Å². The standard InChI is InChI=1S/C23H14Cl6N2O2/c24-12-6-11(7-13(25)8-12)18-19(23(18,28)29)22(33)31-15-9-16(20(27)17(26)10-15)21(32)30-14-4-2-1-3-5-14/h1-10,18-19H,(H,30,32)(H,31,33)/t18-,19+/m1/s1. The highest BCUT2D eigenvalue weighted by Crippen LogP contribution is 2.65. The van der Waals surface area contributed by atoms with Gasteiger partial charge in [-0.2, -0.15) is 0 Å². The fraction of sp³-hybridized carbons (Fsp3) is 0.130. The van der Waals surface area contributed by atoms with Crippen LogP contribution in [0.1, 0.15) is 21.8 Å². The number of hydrogen-bond donors (Lipinski definition) is 2. The van der Waals surface area contributed by atoms with E-state index in [1.54, 1.807) is 42.5 Å². The molecule has 33 heavy (non-hydrogen) atoms. The van der Waals surface area contributed by atoms with Crippen molar-refractivity contribution < 1.29 is 9.59 Å². The number of para-hydroxylation sites is 1. The van der Waals surface area contributed by atoms with Crippen LogP contribution in [0.5, 0.6) is 0 Å². The van der Waals surface area contributed by atoms with Gasteiger partial charge in [-0.25, -0.2) is 0 Å². The van der Waals surface area contributed by atoms with Crippen molar-refractivity contribution in [3.8, 4) is 0 Å². The Morgan fingerprint density at radius 2 is 1.42 bits per heavy atom. The van der Waals surface area contributed by atoms with E-state index in [2.05, 4.69) is 10.6 Å². The van der Waals surface area contributed by atoms with Gasteiger partial charge in [0.05, 0.1) is 21.5 Å². The number of anilines is 2. The van der Waals surface area contributed by atoms with Crippen molar-refractivity contribution in [1.29, 1.82) is 0 Å². The monoisotopic (exact) mass is 560 g/mol. The van der Waals surface area contributed by atoms with E-state index < -0.39 is 28.0 Å². The minimum absolute atomic E-state index is 0.0602. The smallest absolute Gasteiger partial charge is 0.257 e. The molecular weight excluding hydrogens is 549 g/mol. The average molecular weight is 563 g/mol. The fourth-order valence-corrected chi connectivity index (χ4v) is 5.37. The normalized spacial score (nSPS) is 18.5. The first-order chi connectivity index (χ1) is 15.6. The molecule has 0 unspecified atom stereocenters. The molecule has 2 N–H and O–H groups in total. The Hall–Kier alpha value is -1.66. The molecular formula is C23H14Cl6N2O2. The number of hydrogen-bond acceptors (Lipinski definition) is 2. The van der Waals surface area contributed by atoms with Gasteiger partial charge in [0.15, 0.2) is 0 Å². The molecule has 3 aromatic carbocycles. The maximum Gasteiger partial charge on any atom is 0.257 e. The molecule has 2 amide bonds. The van der Waals surface area contributed by atoms with E-state index in [4.69, 9.17) is 69.6 Å². The van der Waals surface area contributed by atoms with Crippen molar-refractivity contribution in [1.82, 2.24) is 0 Å². The molecule has 0 spiro atoms. The van der Waals surface area contributed by atoms with E-state index >= 15 is 0 Å². The van der Waals surface area contributed by atoms with E-state index in [1.165, 1.54) is 12.1 Å². The summed E-state index contributed by atoms with van der Waals surface area (Å²) in [6.07, 6.45) is 0. The number of benzene rings is 3. The summed E-state index contributed by atoms with van der Waals surface area (Å²) >= 11 is 37.4. The van der Waals surface area contributed by atoms with Gasteiger partial charge in [-0.15, -0.1) is 23.2 Å². The summed E-state index contributed by atoms with van der Waals surface area (Å²) in [6.45, 7) is 0. The molecule has 1 aliphatic rings. The zero-order valence-electron chi connectivity index (χ0n) is 16.5. The summed E-state index contributed by atoms with van der Waals surface area (Å²) in [5.41, 5.74) is 1.60. The highest BCUT2D eigenvalue weighted by Gasteiger charge is 2.67. The second-order valence-corrected chi connectivity index (χ2v) is 10.6. The molecule has 2 atom stereocenters. The fourth-order valence-electron chi connectivity index (χ4n) is 3.59. The molecule has 3 aromatic rings. The third-order valence-corrected chi connectivity index (χ3v) is 7.33. The van der Waals surface area contributed by atoms with Crippen LogP contribution < -0.4 is 10.6 Å². The Kier molecular flexibility index (Phi) is 7.07. The minimum Gasteiger partial charge on any atom is -0.326 e. The van der Waals surface area contributed by atoms with Gasteiger partial charge in [0, 0.05) is 27.3 Å². The second kappa shape index (κ2) is 9.53. The van der Waals surface area contributed by atoms with E-state index in [1.807, 2.05) is 6.07 Å². The van der Waals surface area contributed by atoms with Gasteiger partial charge in [0.2, 0.25) is 5.91 Å². The lowest BCUT2D eigenvalue weighted by Gasteiger charge is -2.12. The van der Waals surface area contributed by atoms with E-state index in [0.29, 0.717) is 21.3 Å². The van der Waals surface area contributed by atoms with Crippen molar-refractivity contribution in [2.24, 2.45) is 5.92 Å². The van der Waals surface area contributed by atoms with Gasteiger partial charge in [-0.05, 0) is 48.0 Å². The van der Waals surface area contributed by atoms with Gasteiger partial charge < -0.3 is 10.6 Å². The largest absolute Gasteiger partial charge is 0.326 e. The number of carbonyl (C=O) groups excluding carboxylic acids is 2. The molecule has 1 saturated carbocycles. The molecule has 0 heterocycles. The second-order valence-electron chi connectivity index (χ2n) is 7.46. The number of carbonyl (C=O) groups is 2. The van der Waals surface area contributed by atoms with Crippen LogP contribution in [-0.4, -0.2) is 16.1 Å². The van der Waals surface area contributed by atoms with Gasteiger partial charge in [0.25, 0.3) is 5.91 Å². The third-order valence-electron chi connectivity index (χ3n) is 5.15. The van der Waals surface area contributed by atoms with Gasteiger partial charge >= 0.3 is 0 Å². The topological polar surface area (TPSA) is 58.2 Å². The van der Waals surface area contributed by atoms with Crippen LogP contribution in [0, 0.1) is 5.92 Å². The molecule has 10 heteroatoms. The Morgan fingerprint density at radius 3 is 2.06 bits per heavy atom. The summed E-state index contributed by atoms with van der Waals surface area (Å²) in [4.78, 5) is 25.7. The first-order valence-electron chi connectivity index (χ1n) is 9.58.